The number of hydrogen-bond acceptors (Lipinski definition) is 5. The van der Waals surface area contributed by atoms with Crippen LogP contribution in [0.5, 0.6) is 0 Å². The normalized spacial score (nSPS) is 12.0. The van der Waals surface area contributed by atoms with Gasteiger partial charge in [0.05, 0.1) is 32.5 Å². The van der Waals surface area contributed by atoms with Crippen LogP contribution in [-0.4, -0.2) is 49.9 Å². The quantitative estimate of drug-likeness (QED) is 0.386. The van der Waals surface area contributed by atoms with Gasteiger partial charge < -0.3 is 14.8 Å². The summed E-state index contributed by atoms with van der Waals surface area (Å²) in [5.74, 6) is 0.0214. The molecule has 0 heterocycles. The first-order chi connectivity index (χ1) is 11.3. The van der Waals surface area contributed by atoms with E-state index in [1.54, 1.807) is 13.8 Å². The molecule has 0 radical (unpaired) electrons. The molecule has 1 unspecified atom stereocenters. The highest BCUT2D eigenvalue weighted by molar-refractivity contribution is 5.94. The average molecular weight is 341 g/mol. The van der Waals surface area contributed by atoms with Gasteiger partial charge in [0.15, 0.2) is 5.78 Å². The van der Waals surface area contributed by atoms with E-state index in [1.807, 2.05) is 13.8 Å². The third-order valence-electron chi connectivity index (χ3n) is 3.41. The number of ketones is 2. The summed E-state index contributed by atoms with van der Waals surface area (Å²) in [5.41, 5.74) is 0.507. The van der Waals surface area contributed by atoms with Crippen molar-refractivity contribution in [3.63, 3.8) is 0 Å². The van der Waals surface area contributed by atoms with Crippen molar-refractivity contribution in [1.82, 2.24) is 5.32 Å². The lowest BCUT2D eigenvalue weighted by Crippen LogP contribution is -2.41. The van der Waals surface area contributed by atoms with Crippen LogP contribution in [0.3, 0.4) is 0 Å². The summed E-state index contributed by atoms with van der Waals surface area (Å²) in [6, 6.07) is -0.300. The first-order valence-electron chi connectivity index (χ1n) is 8.44. The van der Waals surface area contributed by atoms with Crippen molar-refractivity contribution in [2.75, 3.05) is 26.4 Å². The Morgan fingerprint density at radius 3 is 2.04 bits per heavy atom. The van der Waals surface area contributed by atoms with E-state index in [-0.39, 0.29) is 55.7 Å². The van der Waals surface area contributed by atoms with Gasteiger partial charge in [-0.2, -0.15) is 0 Å². The van der Waals surface area contributed by atoms with Gasteiger partial charge in [-0.25, -0.2) is 0 Å². The average Bonchev–Trinajstić information content (AvgIpc) is 2.53. The second kappa shape index (κ2) is 12.8. The number of hydrogen-bond donors (Lipinski definition) is 1. The van der Waals surface area contributed by atoms with E-state index in [0.29, 0.717) is 25.0 Å². The lowest BCUT2D eigenvalue weighted by molar-refractivity contribution is -0.124. The summed E-state index contributed by atoms with van der Waals surface area (Å²) in [7, 11) is 0. The maximum atomic E-state index is 11.5. The molecule has 6 nitrogen and oxygen atoms in total. The molecule has 0 aromatic carbocycles. The van der Waals surface area contributed by atoms with Gasteiger partial charge in [0, 0.05) is 25.2 Å². The monoisotopic (exact) mass is 341 g/mol. The van der Waals surface area contributed by atoms with Crippen molar-refractivity contribution >= 4 is 17.5 Å². The lowest BCUT2D eigenvalue weighted by atomic mass is 10.1. The molecule has 0 fully saturated rings. The van der Waals surface area contributed by atoms with Crippen molar-refractivity contribution in [3.05, 3.63) is 12.2 Å². The number of rotatable bonds is 14. The minimum absolute atomic E-state index is 0.00150. The minimum atomic E-state index is -0.300. The Balaban J connectivity index is 4.14. The van der Waals surface area contributed by atoms with E-state index >= 15 is 0 Å². The van der Waals surface area contributed by atoms with Gasteiger partial charge in [-0.15, -0.1) is 0 Å². The van der Waals surface area contributed by atoms with E-state index in [9.17, 15) is 14.4 Å². The van der Waals surface area contributed by atoms with Crippen molar-refractivity contribution < 1.29 is 23.9 Å². The van der Waals surface area contributed by atoms with Gasteiger partial charge in [0.25, 0.3) is 0 Å². The smallest absolute Gasteiger partial charge is 0.220 e. The molecule has 1 N–H and O–H groups in total. The van der Waals surface area contributed by atoms with Crippen LogP contribution in [0.1, 0.15) is 47.0 Å². The molecular formula is C18H31NO5. The Morgan fingerprint density at radius 1 is 1.04 bits per heavy atom. The summed E-state index contributed by atoms with van der Waals surface area (Å²) in [5, 5.41) is 2.81. The van der Waals surface area contributed by atoms with Crippen molar-refractivity contribution in [3.8, 4) is 0 Å². The number of carbonyl (C=O) groups excluding carboxylic acids is 3. The molecule has 0 spiro atoms. The Morgan fingerprint density at radius 2 is 1.58 bits per heavy atom. The Kier molecular flexibility index (Phi) is 12.0. The molecule has 0 aliphatic carbocycles. The number of amides is 1. The number of allylic oxidation sites excluding steroid dienone is 1. The second-order valence-electron chi connectivity index (χ2n) is 6.09. The van der Waals surface area contributed by atoms with Crippen LogP contribution in [0, 0.1) is 5.92 Å². The molecule has 0 saturated heterocycles. The first-order valence-corrected chi connectivity index (χ1v) is 8.44. The fourth-order valence-corrected chi connectivity index (χ4v) is 1.75. The van der Waals surface area contributed by atoms with Gasteiger partial charge in [0.1, 0.15) is 5.78 Å². The molecule has 0 aliphatic rings. The van der Waals surface area contributed by atoms with Crippen LogP contribution in [0.2, 0.25) is 0 Å². The van der Waals surface area contributed by atoms with Crippen LogP contribution in [0.15, 0.2) is 12.2 Å². The molecule has 0 aromatic rings. The third kappa shape index (κ3) is 11.1. The van der Waals surface area contributed by atoms with Gasteiger partial charge >= 0.3 is 0 Å². The molecule has 6 heteroatoms. The van der Waals surface area contributed by atoms with Crippen LogP contribution < -0.4 is 5.32 Å². The van der Waals surface area contributed by atoms with Crippen LogP contribution in [0.4, 0.5) is 0 Å². The Hall–Kier alpha value is -1.53. The standard InChI is InChI=1S/C18H31NO5/c1-6-18(22)19-15(11-23-9-7-16(20)13(2)3)12-24-10-8-17(21)14(4)5/h14-15H,2,6-12H2,1,3-5H3,(H,19,22). The van der Waals surface area contributed by atoms with E-state index < -0.39 is 0 Å². The summed E-state index contributed by atoms with van der Waals surface area (Å²) in [4.78, 5) is 34.5. The number of carbonyl (C=O) groups is 3. The summed E-state index contributed by atoms with van der Waals surface area (Å²) in [6.07, 6.45) is 1.00. The third-order valence-corrected chi connectivity index (χ3v) is 3.41. The SMILES string of the molecule is C=C(C)C(=O)CCOCC(COCCC(=O)C(C)C)NC(=O)CC. The molecule has 24 heavy (non-hydrogen) atoms. The number of Topliss-reactive ketones (excluding diaryl/α,β-unsaturated/α-hetero) is 2. The number of ether oxygens (including phenoxy) is 2. The second-order valence-corrected chi connectivity index (χ2v) is 6.09. The molecular weight excluding hydrogens is 310 g/mol. The highest BCUT2D eigenvalue weighted by Gasteiger charge is 2.13. The van der Waals surface area contributed by atoms with Crippen molar-refractivity contribution in [1.29, 1.82) is 0 Å². The Labute approximate surface area is 145 Å². The molecule has 1 atom stereocenters. The van der Waals surface area contributed by atoms with Crippen LogP contribution in [-0.2, 0) is 23.9 Å². The van der Waals surface area contributed by atoms with Crippen LogP contribution >= 0.6 is 0 Å². The predicted octanol–water partition coefficient (Wildman–Crippen LogP) is 2.06. The molecule has 138 valence electrons. The highest BCUT2D eigenvalue weighted by Crippen LogP contribution is 2.00. The summed E-state index contributed by atoms with van der Waals surface area (Å²) >= 11 is 0. The fraction of sp³-hybridized carbons (Fsp3) is 0.722. The topological polar surface area (TPSA) is 81.7 Å². The fourth-order valence-electron chi connectivity index (χ4n) is 1.75. The molecule has 0 aliphatic heterocycles. The predicted molar refractivity (Wildman–Crippen MR) is 92.8 cm³/mol. The van der Waals surface area contributed by atoms with Crippen LogP contribution in [0.25, 0.3) is 0 Å². The van der Waals surface area contributed by atoms with E-state index in [0.717, 1.165) is 0 Å². The zero-order valence-corrected chi connectivity index (χ0v) is 15.4. The largest absolute Gasteiger partial charge is 0.379 e. The lowest BCUT2D eigenvalue weighted by Gasteiger charge is -2.19. The van der Waals surface area contributed by atoms with Crippen molar-refractivity contribution in [2.45, 2.75) is 53.0 Å². The molecule has 0 saturated carbocycles. The number of nitrogens with one attached hydrogen (secondary N) is 1. The van der Waals surface area contributed by atoms with Gasteiger partial charge in [-0.3, -0.25) is 14.4 Å². The maximum absolute atomic E-state index is 11.5. The van der Waals surface area contributed by atoms with Gasteiger partial charge in [-0.1, -0.05) is 27.4 Å². The maximum Gasteiger partial charge on any atom is 0.220 e. The summed E-state index contributed by atoms with van der Waals surface area (Å²) < 4.78 is 10.9. The van der Waals surface area contributed by atoms with E-state index in [2.05, 4.69) is 11.9 Å². The molecule has 1 amide bonds. The van der Waals surface area contributed by atoms with E-state index in [4.69, 9.17) is 9.47 Å². The molecule has 0 bridgehead atoms. The zero-order valence-electron chi connectivity index (χ0n) is 15.4. The zero-order chi connectivity index (χ0) is 18.5. The van der Waals surface area contributed by atoms with Gasteiger partial charge in [-0.05, 0) is 12.5 Å². The Bertz CT molecular complexity index is 431. The molecule has 0 rings (SSSR count). The van der Waals surface area contributed by atoms with Crippen molar-refractivity contribution in [2.24, 2.45) is 5.92 Å². The minimum Gasteiger partial charge on any atom is -0.379 e. The molecule has 0 aromatic heterocycles. The first kappa shape index (κ1) is 22.5. The highest BCUT2D eigenvalue weighted by atomic mass is 16.5. The van der Waals surface area contributed by atoms with E-state index in [1.165, 1.54) is 0 Å². The summed E-state index contributed by atoms with van der Waals surface area (Å²) in [6.45, 7) is 11.8. The van der Waals surface area contributed by atoms with Gasteiger partial charge in [0.2, 0.25) is 5.91 Å².